The summed E-state index contributed by atoms with van der Waals surface area (Å²) in [6.45, 7) is -0.0138. The highest BCUT2D eigenvalue weighted by atomic mass is 19.4. The summed E-state index contributed by atoms with van der Waals surface area (Å²) in [7, 11) is 0. The second kappa shape index (κ2) is 15.0. The Labute approximate surface area is 183 Å². The van der Waals surface area contributed by atoms with Crippen molar-refractivity contribution in [2.24, 2.45) is 0 Å². The van der Waals surface area contributed by atoms with E-state index in [1.165, 1.54) is 6.33 Å². The van der Waals surface area contributed by atoms with Gasteiger partial charge in [-0.2, -0.15) is 13.2 Å². The number of carbonyl (C=O) groups is 4. The van der Waals surface area contributed by atoms with Crippen LogP contribution in [-0.4, -0.2) is 74.4 Å². The number of alkyl halides is 3. The van der Waals surface area contributed by atoms with Crippen molar-refractivity contribution in [1.29, 1.82) is 0 Å². The van der Waals surface area contributed by atoms with Crippen LogP contribution in [0, 0.1) is 10.1 Å². The fourth-order valence-electron chi connectivity index (χ4n) is 2.01. The molecule has 5 N–H and O–H groups in total. The average molecular weight is 485 g/mol. The minimum atomic E-state index is -5.08. The van der Waals surface area contributed by atoms with E-state index < -0.39 is 35.2 Å². The van der Waals surface area contributed by atoms with Gasteiger partial charge in [-0.05, 0) is 12.8 Å². The van der Waals surface area contributed by atoms with E-state index in [0.717, 1.165) is 0 Å². The van der Waals surface area contributed by atoms with Gasteiger partial charge in [0.25, 0.3) is 5.09 Å². The molecule has 1 aromatic heterocycles. The largest absolute Gasteiger partial charge is 0.490 e. The molecule has 0 spiro atoms. The number of nitrogens with zero attached hydrogens (tertiary/aromatic N) is 2. The fraction of sp³-hybridized carbons (Fsp3) is 0.562. The van der Waals surface area contributed by atoms with Crippen LogP contribution >= 0.6 is 0 Å². The third-order valence-corrected chi connectivity index (χ3v) is 3.51. The molecule has 14 nitrogen and oxygen atoms in total. The van der Waals surface area contributed by atoms with E-state index in [-0.39, 0.29) is 38.3 Å². The molecule has 0 aliphatic heterocycles. The van der Waals surface area contributed by atoms with Crippen LogP contribution in [0.25, 0.3) is 0 Å². The zero-order valence-corrected chi connectivity index (χ0v) is 17.0. The predicted octanol–water partition coefficient (Wildman–Crippen LogP) is 0.0398. The third kappa shape index (κ3) is 15.5. The van der Waals surface area contributed by atoms with Crippen molar-refractivity contribution < 1.29 is 52.5 Å². The highest BCUT2D eigenvalue weighted by molar-refractivity contribution is 5.84. The van der Waals surface area contributed by atoms with Crippen molar-refractivity contribution in [3.63, 3.8) is 0 Å². The van der Waals surface area contributed by atoms with Crippen LogP contribution in [0.3, 0.4) is 0 Å². The molecule has 0 radical (unpaired) electrons. The lowest BCUT2D eigenvalue weighted by Gasteiger charge is -2.13. The normalized spacial score (nSPS) is 11.4. The molecule has 0 aromatic carbocycles. The highest BCUT2D eigenvalue weighted by Gasteiger charge is 2.38. The topological polar surface area (TPSA) is 214 Å². The lowest BCUT2D eigenvalue weighted by Crippen LogP contribution is -2.43. The molecule has 0 saturated heterocycles. The second-order valence-corrected chi connectivity index (χ2v) is 6.14. The first-order valence-electron chi connectivity index (χ1n) is 9.16. The summed E-state index contributed by atoms with van der Waals surface area (Å²) in [6, 6.07) is -1.11. The van der Waals surface area contributed by atoms with Crippen LogP contribution in [0.2, 0.25) is 0 Å². The predicted molar refractivity (Wildman–Crippen MR) is 100.0 cm³/mol. The Kier molecular flexibility index (Phi) is 13.2. The van der Waals surface area contributed by atoms with Gasteiger partial charge in [0.1, 0.15) is 6.04 Å². The van der Waals surface area contributed by atoms with Gasteiger partial charge in [0, 0.05) is 32.0 Å². The van der Waals surface area contributed by atoms with Gasteiger partial charge in [-0.1, -0.05) is 0 Å². The Balaban J connectivity index is 0.00000126. The van der Waals surface area contributed by atoms with Gasteiger partial charge in [0.2, 0.25) is 11.8 Å². The van der Waals surface area contributed by atoms with Gasteiger partial charge in [0.05, 0.1) is 18.6 Å². The maximum atomic E-state index is 11.8. The van der Waals surface area contributed by atoms with Crippen LogP contribution in [-0.2, 0) is 30.4 Å². The number of H-pyrrole nitrogens is 1. The minimum absolute atomic E-state index is 0.0448. The molecule has 1 heterocycles. The summed E-state index contributed by atoms with van der Waals surface area (Å²) in [5.41, 5.74) is 0.507. The first kappa shape index (κ1) is 29.1. The number of halogens is 3. The average Bonchev–Trinajstić information content (AvgIpc) is 3.19. The van der Waals surface area contributed by atoms with E-state index in [2.05, 4.69) is 25.4 Å². The number of aromatic amines is 1. The van der Waals surface area contributed by atoms with E-state index in [0.29, 0.717) is 18.5 Å². The van der Waals surface area contributed by atoms with E-state index >= 15 is 0 Å². The first-order chi connectivity index (χ1) is 15.3. The number of imidazole rings is 1. The number of rotatable bonds is 13. The monoisotopic (exact) mass is 485 g/mol. The SMILES string of the molecule is O=C(CCCCO[N+](=O)[O-])NCCC(=O)N[C@@H](Cc1c[nH]cn1)C(=O)O.O=C(O)C(F)(F)F. The molecular formula is C16H22F3N5O9. The van der Waals surface area contributed by atoms with Gasteiger partial charge >= 0.3 is 18.1 Å². The number of unbranched alkanes of at least 4 members (excludes halogenated alkanes) is 1. The van der Waals surface area contributed by atoms with Gasteiger partial charge < -0.3 is 30.7 Å². The number of hydrogen-bond donors (Lipinski definition) is 5. The number of amides is 2. The minimum Gasteiger partial charge on any atom is -0.480 e. The smallest absolute Gasteiger partial charge is 0.480 e. The van der Waals surface area contributed by atoms with Crippen molar-refractivity contribution in [2.45, 2.75) is 44.3 Å². The van der Waals surface area contributed by atoms with Crippen molar-refractivity contribution in [1.82, 2.24) is 20.6 Å². The van der Waals surface area contributed by atoms with Crippen LogP contribution in [0.5, 0.6) is 0 Å². The number of nitrogens with one attached hydrogen (secondary N) is 3. The molecule has 0 saturated carbocycles. The second-order valence-electron chi connectivity index (χ2n) is 6.14. The standard InChI is InChI=1S/C14H21N5O7.C2HF3O2/c20-12(3-1-2-6-26-19(24)25)16-5-4-13(21)18-11(14(22)23)7-10-8-15-9-17-10;3-2(4,5)1(6)7/h8-9,11H,1-7H2,(H,15,17)(H,16,20)(H,18,21)(H,22,23);(H,6,7)/t11-;/m0./s1. The summed E-state index contributed by atoms with van der Waals surface area (Å²) in [5.74, 6) is -4.74. The lowest BCUT2D eigenvalue weighted by atomic mass is 10.1. The molecule has 0 aliphatic carbocycles. The summed E-state index contributed by atoms with van der Waals surface area (Å²) < 4.78 is 31.7. The number of aliphatic carboxylic acids is 2. The Hall–Kier alpha value is -3.92. The van der Waals surface area contributed by atoms with Crippen molar-refractivity contribution in [2.75, 3.05) is 13.2 Å². The van der Waals surface area contributed by atoms with Crippen molar-refractivity contribution >= 4 is 23.8 Å². The Morgan fingerprint density at radius 1 is 1.18 bits per heavy atom. The van der Waals surface area contributed by atoms with Gasteiger partial charge in [-0.3, -0.25) is 9.59 Å². The fourth-order valence-corrected chi connectivity index (χ4v) is 2.01. The van der Waals surface area contributed by atoms with E-state index in [1.807, 2.05) is 0 Å². The van der Waals surface area contributed by atoms with Crippen LogP contribution < -0.4 is 10.6 Å². The van der Waals surface area contributed by atoms with E-state index in [1.54, 1.807) is 6.20 Å². The molecule has 1 rings (SSSR count). The number of carbonyl (C=O) groups excluding carboxylic acids is 2. The molecule has 1 atom stereocenters. The van der Waals surface area contributed by atoms with Gasteiger partial charge in [-0.15, -0.1) is 10.1 Å². The molecule has 0 bridgehead atoms. The quantitative estimate of drug-likeness (QED) is 0.144. The Bertz CT molecular complexity index is 787. The molecule has 0 unspecified atom stereocenters. The van der Waals surface area contributed by atoms with E-state index in [4.69, 9.17) is 15.0 Å². The number of carboxylic acids is 2. The molecule has 17 heteroatoms. The van der Waals surface area contributed by atoms with Crippen LogP contribution in [0.15, 0.2) is 12.5 Å². The zero-order valence-electron chi connectivity index (χ0n) is 17.0. The number of hydrogen-bond acceptors (Lipinski definition) is 8. The molecule has 33 heavy (non-hydrogen) atoms. The maximum absolute atomic E-state index is 11.8. The maximum Gasteiger partial charge on any atom is 0.490 e. The van der Waals surface area contributed by atoms with Crippen LogP contribution in [0.4, 0.5) is 13.2 Å². The van der Waals surface area contributed by atoms with Crippen LogP contribution in [0.1, 0.15) is 31.4 Å². The molecule has 1 aromatic rings. The number of carboxylic acid groups (broad SMARTS) is 2. The molecule has 186 valence electrons. The highest BCUT2D eigenvalue weighted by Crippen LogP contribution is 2.13. The van der Waals surface area contributed by atoms with Crippen molar-refractivity contribution in [3.05, 3.63) is 28.3 Å². The number of aromatic nitrogens is 2. The molecular weight excluding hydrogens is 463 g/mol. The zero-order chi connectivity index (χ0) is 25.4. The summed E-state index contributed by atoms with van der Waals surface area (Å²) >= 11 is 0. The van der Waals surface area contributed by atoms with Gasteiger partial charge in [-0.25, -0.2) is 14.6 Å². The summed E-state index contributed by atoms with van der Waals surface area (Å²) in [5, 5.41) is 30.2. The van der Waals surface area contributed by atoms with Gasteiger partial charge in [0.15, 0.2) is 0 Å². The first-order valence-corrected chi connectivity index (χ1v) is 9.16. The summed E-state index contributed by atoms with van der Waals surface area (Å²) in [6.07, 6.45) is -1.23. The molecule has 2 amide bonds. The third-order valence-electron chi connectivity index (χ3n) is 3.51. The molecule has 0 aliphatic rings. The Morgan fingerprint density at radius 3 is 2.30 bits per heavy atom. The van der Waals surface area contributed by atoms with Crippen molar-refractivity contribution in [3.8, 4) is 0 Å². The molecule has 0 fully saturated rings. The summed E-state index contributed by atoms with van der Waals surface area (Å²) in [4.78, 5) is 64.1. The lowest BCUT2D eigenvalue weighted by molar-refractivity contribution is -0.757. The van der Waals surface area contributed by atoms with E-state index in [9.17, 15) is 37.7 Å². The Morgan fingerprint density at radius 2 is 1.82 bits per heavy atom.